The summed E-state index contributed by atoms with van der Waals surface area (Å²) in [6, 6.07) is 0. The van der Waals surface area contributed by atoms with Crippen LogP contribution < -0.4 is 0 Å². The van der Waals surface area contributed by atoms with E-state index in [1.165, 1.54) is 0 Å². The molecule has 96 valence electrons. The summed E-state index contributed by atoms with van der Waals surface area (Å²) in [5.41, 5.74) is -1.48. The number of hydrogen-bond donors (Lipinski definition) is 1. The molecule has 2 rings (SSSR count). The van der Waals surface area contributed by atoms with Crippen molar-refractivity contribution < 1.29 is 28.0 Å². The number of carboxylic acid groups (broad SMARTS) is 1. The summed E-state index contributed by atoms with van der Waals surface area (Å²) in [4.78, 5) is 22.0. The van der Waals surface area contributed by atoms with Gasteiger partial charge in [0.15, 0.2) is 5.69 Å². The topological polar surface area (TPSA) is 97.7 Å². The lowest BCUT2D eigenvalue weighted by Crippen LogP contribution is -2.13. The van der Waals surface area contributed by atoms with Gasteiger partial charge >= 0.3 is 18.0 Å². The molecule has 0 atom stereocenters. The molecule has 2 aromatic heterocycles. The van der Waals surface area contributed by atoms with Gasteiger partial charge in [0.05, 0.1) is 0 Å². The molecule has 0 unspecified atom stereocenters. The molecular formula is C7H2F3N3O4S. The number of imidazole rings is 1. The monoisotopic (exact) mass is 281 g/mol. The first-order valence-corrected chi connectivity index (χ1v) is 5.00. The molecule has 0 aliphatic carbocycles. The summed E-state index contributed by atoms with van der Waals surface area (Å²) >= 11 is 0.160. The van der Waals surface area contributed by atoms with Crippen molar-refractivity contribution in [3.8, 4) is 0 Å². The average Bonchev–Trinajstić information content (AvgIpc) is 2.70. The molecule has 18 heavy (non-hydrogen) atoms. The fourth-order valence-corrected chi connectivity index (χ4v) is 2.42. The molecule has 0 aromatic carbocycles. The van der Waals surface area contributed by atoms with Gasteiger partial charge in [-0.25, -0.2) is 4.79 Å². The molecule has 2 aromatic rings. The molecule has 0 aliphatic rings. The molecule has 0 spiro atoms. The highest BCUT2D eigenvalue weighted by Crippen LogP contribution is 2.39. The van der Waals surface area contributed by atoms with Crippen LogP contribution in [0.2, 0.25) is 0 Å². The fraction of sp³-hybridized carbons (Fsp3) is 0.143. The van der Waals surface area contributed by atoms with Gasteiger partial charge in [-0.1, -0.05) is 11.3 Å². The Morgan fingerprint density at radius 2 is 2.17 bits per heavy atom. The third kappa shape index (κ3) is 1.68. The number of fused-ring (bicyclic) bond motifs is 1. The molecule has 0 fully saturated rings. The lowest BCUT2D eigenvalue weighted by molar-refractivity contribution is -0.387. The van der Waals surface area contributed by atoms with Crippen molar-refractivity contribution in [1.82, 2.24) is 9.38 Å². The second-order valence-electron chi connectivity index (χ2n) is 3.08. The molecule has 2 heterocycles. The van der Waals surface area contributed by atoms with Gasteiger partial charge in [-0.05, 0) is 9.91 Å². The molecular weight excluding hydrogens is 279 g/mol. The van der Waals surface area contributed by atoms with Crippen molar-refractivity contribution in [2.75, 3.05) is 0 Å². The maximum Gasteiger partial charge on any atom is 0.433 e. The second-order valence-corrected chi connectivity index (χ2v) is 4.08. The summed E-state index contributed by atoms with van der Waals surface area (Å²) in [5, 5.41) is 19.2. The Kier molecular flexibility index (Phi) is 2.50. The molecule has 0 bridgehead atoms. The molecule has 0 saturated heterocycles. The van der Waals surface area contributed by atoms with E-state index in [9.17, 15) is 28.1 Å². The molecule has 0 saturated carbocycles. The van der Waals surface area contributed by atoms with Gasteiger partial charge in [0.25, 0.3) is 0 Å². The van der Waals surface area contributed by atoms with Gasteiger partial charge in [0, 0.05) is 0 Å². The Bertz CT molecular complexity index is 659. The molecule has 0 radical (unpaired) electrons. The standard InChI is InChI=1S/C7H2F3N3O4S/c8-7(9,10)3-2(6(14)15)18-5-4(13(16)17)11-1-12(3)5/h1H,(H,14,15). The molecule has 1 N–H and O–H groups in total. The Labute approximate surface area is 99.2 Å². The van der Waals surface area contributed by atoms with Gasteiger partial charge in [0.1, 0.15) is 4.88 Å². The predicted octanol–water partition coefficient (Wildman–Crippen LogP) is 2.02. The van der Waals surface area contributed by atoms with E-state index in [2.05, 4.69) is 4.98 Å². The molecule has 0 amide bonds. The van der Waals surface area contributed by atoms with Crippen LogP contribution in [0, 0.1) is 10.1 Å². The largest absolute Gasteiger partial charge is 0.477 e. The number of carbonyl (C=O) groups is 1. The van der Waals surface area contributed by atoms with Crippen molar-refractivity contribution in [1.29, 1.82) is 0 Å². The summed E-state index contributed by atoms with van der Waals surface area (Å²) < 4.78 is 38.5. The highest BCUT2D eigenvalue weighted by Gasteiger charge is 2.42. The number of aromatic nitrogens is 2. The molecule has 11 heteroatoms. The summed E-state index contributed by atoms with van der Waals surface area (Å²) in [6.45, 7) is 0. The molecule has 0 aliphatic heterocycles. The van der Waals surface area contributed by atoms with E-state index in [0.717, 1.165) is 0 Å². The Balaban J connectivity index is 2.85. The number of hydrogen-bond acceptors (Lipinski definition) is 5. The first-order valence-electron chi connectivity index (χ1n) is 4.18. The first-order chi connectivity index (χ1) is 8.23. The minimum Gasteiger partial charge on any atom is -0.477 e. The number of alkyl halides is 3. The van der Waals surface area contributed by atoms with Gasteiger partial charge < -0.3 is 15.2 Å². The van der Waals surface area contributed by atoms with Crippen molar-refractivity contribution in [2.24, 2.45) is 0 Å². The quantitative estimate of drug-likeness (QED) is 0.670. The highest BCUT2D eigenvalue weighted by atomic mass is 32.1. The minimum atomic E-state index is -4.94. The van der Waals surface area contributed by atoms with Gasteiger partial charge in [-0.3, -0.25) is 4.40 Å². The normalized spacial score (nSPS) is 11.9. The molecule has 7 nitrogen and oxygen atoms in total. The smallest absolute Gasteiger partial charge is 0.433 e. The zero-order chi connectivity index (χ0) is 13.7. The minimum absolute atomic E-state index is 0.160. The van der Waals surface area contributed by atoms with E-state index in [1.54, 1.807) is 0 Å². The van der Waals surface area contributed by atoms with E-state index >= 15 is 0 Å². The van der Waals surface area contributed by atoms with E-state index in [4.69, 9.17) is 5.11 Å². The van der Waals surface area contributed by atoms with Crippen molar-refractivity contribution >= 4 is 28.0 Å². The average molecular weight is 281 g/mol. The third-order valence-corrected chi connectivity index (χ3v) is 3.14. The van der Waals surface area contributed by atoms with Crippen LogP contribution in [-0.2, 0) is 6.18 Å². The lowest BCUT2D eigenvalue weighted by Gasteiger charge is -2.04. The van der Waals surface area contributed by atoms with Crippen LogP contribution in [0.5, 0.6) is 0 Å². The van der Waals surface area contributed by atoms with E-state index in [-0.39, 0.29) is 11.3 Å². The number of nitro groups is 1. The number of carboxylic acids is 1. The first kappa shape index (κ1) is 12.3. The number of halogens is 3. The van der Waals surface area contributed by atoms with Gasteiger partial charge in [0.2, 0.25) is 11.2 Å². The SMILES string of the molecule is O=C(O)c1sc2c([N+](=O)[O-])ncn2c1C(F)(F)F. The summed E-state index contributed by atoms with van der Waals surface area (Å²) in [5.74, 6) is -2.61. The number of nitrogens with zero attached hydrogens (tertiary/aromatic N) is 3. The van der Waals surface area contributed by atoms with Crippen LogP contribution in [0.25, 0.3) is 4.83 Å². The Morgan fingerprint density at radius 3 is 2.61 bits per heavy atom. The van der Waals surface area contributed by atoms with Crippen LogP contribution in [0.4, 0.5) is 19.0 Å². The van der Waals surface area contributed by atoms with Crippen LogP contribution in [0.1, 0.15) is 15.4 Å². The maximum atomic E-state index is 12.7. The Hall–Kier alpha value is -2.17. The summed E-state index contributed by atoms with van der Waals surface area (Å²) in [6.07, 6.45) is -4.36. The number of thiazole rings is 1. The van der Waals surface area contributed by atoms with Crippen molar-refractivity contribution in [2.45, 2.75) is 6.18 Å². The van der Waals surface area contributed by atoms with Gasteiger partial charge in [-0.15, -0.1) is 0 Å². The van der Waals surface area contributed by atoms with Crippen LogP contribution in [0.15, 0.2) is 6.33 Å². The fourth-order valence-electron chi connectivity index (χ4n) is 1.37. The van der Waals surface area contributed by atoms with E-state index in [1.807, 2.05) is 0 Å². The maximum absolute atomic E-state index is 12.7. The van der Waals surface area contributed by atoms with Crippen LogP contribution >= 0.6 is 11.3 Å². The van der Waals surface area contributed by atoms with Gasteiger partial charge in [-0.2, -0.15) is 13.2 Å². The predicted molar refractivity (Wildman–Crippen MR) is 51.7 cm³/mol. The Morgan fingerprint density at radius 1 is 1.56 bits per heavy atom. The second kappa shape index (κ2) is 3.66. The van der Waals surface area contributed by atoms with Crippen LogP contribution in [0.3, 0.4) is 0 Å². The highest BCUT2D eigenvalue weighted by molar-refractivity contribution is 7.19. The summed E-state index contributed by atoms with van der Waals surface area (Å²) in [7, 11) is 0. The van der Waals surface area contributed by atoms with Crippen molar-refractivity contribution in [3.05, 3.63) is 27.0 Å². The van der Waals surface area contributed by atoms with Crippen molar-refractivity contribution in [3.63, 3.8) is 0 Å². The lowest BCUT2D eigenvalue weighted by atomic mass is 10.3. The zero-order valence-corrected chi connectivity index (χ0v) is 8.95. The van der Waals surface area contributed by atoms with Crippen LogP contribution in [-0.4, -0.2) is 25.4 Å². The number of aromatic carboxylic acids is 1. The number of rotatable bonds is 2. The zero-order valence-electron chi connectivity index (χ0n) is 8.13. The third-order valence-electron chi connectivity index (χ3n) is 2.00. The van der Waals surface area contributed by atoms with E-state index in [0.29, 0.717) is 10.7 Å². The van der Waals surface area contributed by atoms with E-state index < -0.39 is 38.3 Å².